The summed E-state index contributed by atoms with van der Waals surface area (Å²) in [6, 6.07) is 15.1. The summed E-state index contributed by atoms with van der Waals surface area (Å²) in [4.78, 5) is 0. The molecule has 2 heteroatoms. The highest BCUT2D eigenvalue weighted by Gasteiger charge is 1.96. The summed E-state index contributed by atoms with van der Waals surface area (Å²) >= 11 is 0. The van der Waals surface area contributed by atoms with E-state index in [-0.39, 0.29) is 11.9 Å². The average molecular weight is 254 g/mol. The third-order valence-electron chi connectivity index (χ3n) is 2.61. The molecule has 2 aromatic rings. The van der Waals surface area contributed by atoms with Crippen molar-refractivity contribution in [3.05, 3.63) is 59.7 Å². The molecule has 0 amide bonds. The fourth-order valence-electron chi connectivity index (χ4n) is 1.71. The molecule has 0 spiro atoms. The molecule has 98 valence electrons. The van der Waals surface area contributed by atoms with E-state index in [1.54, 1.807) is 12.1 Å². The maximum atomic E-state index is 9.21. The maximum Gasteiger partial charge on any atom is 0.119 e. The Bertz CT molecular complexity index is 536. The van der Waals surface area contributed by atoms with Crippen LogP contribution in [-0.4, -0.2) is 11.2 Å². The molecular formula is C17H18O2. The molecule has 0 atom stereocenters. The third kappa shape index (κ3) is 4.18. The number of ether oxygens (including phenoxy) is 1. The largest absolute Gasteiger partial charge is 0.508 e. The van der Waals surface area contributed by atoms with Gasteiger partial charge in [0.15, 0.2) is 0 Å². The van der Waals surface area contributed by atoms with E-state index < -0.39 is 0 Å². The lowest BCUT2D eigenvalue weighted by Gasteiger charge is -2.09. The van der Waals surface area contributed by atoms with Crippen LogP contribution in [0.3, 0.4) is 0 Å². The number of hydrogen-bond acceptors (Lipinski definition) is 2. The number of phenolic OH excluding ortho intramolecular Hbond substituents is 1. The first-order valence-corrected chi connectivity index (χ1v) is 6.37. The Balaban J connectivity index is 2.04. The van der Waals surface area contributed by atoms with Crippen molar-refractivity contribution in [2.45, 2.75) is 20.0 Å². The summed E-state index contributed by atoms with van der Waals surface area (Å²) in [6.07, 6.45) is 4.24. The van der Waals surface area contributed by atoms with Gasteiger partial charge in [0, 0.05) is 0 Å². The van der Waals surface area contributed by atoms with Crippen molar-refractivity contribution in [3.8, 4) is 11.5 Å². The molecule has 0 aromatic heterocycles. The number of phenols is 1. The van der Waals surface area contributed by atoms with Crippen molar-refractivity contribution in [2.75, 3.05) is 0 Å². The number of aromatic hydroxyl groups is 1. The molecule has 0 saturated carbocycles. The predicted octanol–water partition coefficient (Wildman–Crippen LogP) is 4.35. The van der Waals surface area contributed by atoms with Crippen LogP contribution in [0.5, 0.6) is 11.5 Å². The summed E-state index contributed by atoms with van der Waals surface area (Å²) in [6.45, 7) is 4.03. The zero-order valence-corrected chi connectivity index (χ0v) is 11.2. The molecule has 2 rings (SSSR count). The molecule has 0 aliphatic heterocycles. The standard InChI is InChI=1S/C17H18O2/c1-13(2)19-17-11-7-15(8-12-17)4-3-14-5-9-16(18)10-6-14/h3-13,18H,1-2H3. The number of hydrogen-bond donors (Lipinski definition) is 1. The molecular weight excluding hydrogens is 236 g/mol. The minimum Gasteiger partial charge on any atom is -0.508 e. The van der Waals surface area contributed by atoms with Crippen molar-refractivity contribution in [1.82, 2.24) is 0 Å². The Morgan fingerprint density at radius 3 is 1.79 bits per heavy atom. The second-order valence-corrected chi connectivity index (χ2v) is 4.66. The Kier molecular flexibility index (Phi) is 4.24. The third-order valence-corrected chi connectivity index (χ3v) is 2.61. The Morgan fingerprint density at radius 1 is 0.842 bits per heavy atom. The van der Waals surface area contributed by atoms with E-state index in [1.807, 2.05) is 62.4 Å². The highest BCUT2D eigenvalue weighted by molar-refractivity contribution is 5.70. The van der Waals surface area contributed by atoms with E-state index in [2.05, 4.69) is 0 Å². The average Bonchev–Trinajstić information content (AvgIpc) is 2.39. The number of benzene rings is 2. The van der Waals surface area contributed by atoms with Gasteiger partial charge in [0.25, 0.3) is 0 Å². The molecule has 0 fully saturated rings. The summed E-state index contributed by atoms with van der Waals surface area (Å²) < 4.78 is 5.59. The Morgan fingerprint density at radius 2 is 1.32 bits per heavy atom. The van der Waals surface area contributed by atoms with Gasteiger partial charge in [-0.2, -0.15) is 0 Å². The van der Waals surface area contributed by atoms with Crippen LogP contribution >= 0.6 is 0 Å². The van der Waals surface area contributed by atoms with Gasteiger partial charge < -0.3 is 9.84 Å². The first-order chi connectivity index (χ1) is 9.13. The van der Waals surface area contributed by atoms with E-state index in [9.17, 15) is 5.11 Å². The highest BCUT2D eigenvalue weighted by Crippen LogP contribution is 2.16. The van der Waals surface area contributed by atoms with Gasteiger partial charge in [-0.3, -0.25) is 0 Å². The van der Waals surface area contributed by atoms with Crippen LogP contribution in [0.4, 0.5) is 0 Å². The van der Waals surface area contributed by atoms with E-state index in [0.717, 1.165) is 16.9 Å². The summed E-state index contributed by atoms with van der Waals surface area (Å²) in [5.41, 5.74) is 2.17. The molecule has 0 radical (unpaired) electrons. The summed E-state index contributed by atoms with van der Waals surface area (Å²) in [5, 5.41) is 9.21. The summed E-state index contributed by atoms with van der Waals surface area (Å²) in [5.74, 6) is 1.17. The lowest BCUT2D eigenvalue weighted by Crippen LogP contribution is -2.05. The molecule has 0 aliphatic rings. The molecule has 2 aromatic carbocycles. The quantitative estimate of drug-likeness (QED) is 0.822. The smallest absolute Gasteiger partial charge is 0.119 e. The zero-order valence-electron chi connectivity index (χ0n) is 11.2. The molecule has 0 bridgehead atoms. The van der Waals surface area contributed by atoms with Gasteiger partial charge in [-0.15, -0.1) is 0 Å². The van der Waals surface area contributed by atoms with E-state index in [0.29, 0.717) is 0 Å². The lowest BCUT2D eigenvalue weighted by molar-refractivity contribution is 0.242. The monoisotopic (exact) mass is 254 g/mol. The molecule has 1 N–H and O–H groups in total. The summed E-state index contributed by atoms with van der Waals surface area (Å²) in [7, 11) is 0. The molecule has 0 aliphatic carbocycles. The van der Waals surface area contributed by atoms with E-state index in [1.165, 1.54) is 0 Å². The van der Waals surface area contributed by atoms with Crippen LogP contribution in [0.1, 0.15) is 25.0 Å². The van der Waals surface area contributed by atoms with Gasteiger partial charge in [-0.05, 0) is 49.2 Å². The van der Waals surface area contributed by atoms with E-state index >= 15 is 0 Å². The first kappa shape index (κ1) is 13.2. The predicted molar refractivity (Wildman–Crippen MR) is 79.2 cm³/mol. The molecule has 0 saturated heterocycles. The topological polar surface area (TPSA) is 29.5 Å². The van der Waals surface area contributed by atoms with Gasteiger partial charge in [0.2, 0.25) is 0 Å². The van der Waals surface area contributed by atoms with Crippen molar-refractivity contribution in [1.29, 1.82) is 0 Å². The van der Waals surface area contributed by atoms with Crippen LogP contribution in [0.15, 0.2) is 48.5 Å². The molecule has 2 nitrogen and oxygen atoms in total. The van der Waals surface area contributed by atoms with Gasteiger partial charge in [-0.1, -0.05) is 36.4 Å². The van der Waals surface area contributed by atoms with Gasteiger partial charge >= 0.3 is 0 Å². The maximum absolute atomic E-state index is 9.21. The minimum atomic E-state index is 0.193. The van der Waals surface area contributed by atoms with Crippen molar-refractivity contribution in [3.63, 3.8) is 0 Å². The molecule has 19 heavy (non-hydrogen) atoms. The fourth-order valence-corrected chi connectivity index (χ4v) is 1.71. The molecule has 0 unspecified atom stereocenters. The van der Waals surface area contributed by atoms with Crippen molar-refractivity contribution in [2.24, 2.45) is 0 Å². The normalized spacial score (nSPS) is 11.1. The van der Waals surface area contributed by atoms with Crippen LogP contribution < -0.4 is 4.74 Å². The second-order valence-electron chi connectivity index (χ2n) is 4.66. The zero-order chi connectivity index (χ0) is 13.7. The van der Waals surface area contributed by atoms with Crippen LogP contribution in [0.25, 0.3) is 12.2 Å². The Labute approximate surface area is 114 Å². The van der Waals surface area contributed by atoms with Crippen LogP contribution in [-0.2, 0) is 0 Å². The Hall–Kier alpha value is -2.22. The van der Waals surface area contributed by atoms with Gasteiger partial charge in [-0.25, -0.2) is 0 Å². The van der Waals surface area contributed by atoms with E-state index in [4.69, 9.17) is 4.74 Å². The van der Waals surface area contributed by atoms with Crippen LogP contribution in [0.2, 0.25) is 0 Å². The van der Waals surface area contributed by atoms with Gasteiger partial charge in [0.05, 0.1) is 6.10 Å². The first-order valence-electron chi connectivity index (χ1n) is 6.37. The molecule has 0 heterocycles. The SMILES string of the molecule is CC(C)Oc1ccc(C=Cc2ccc(O)cc2)cc1. The van der Waals surface area contributed by atoms with Gasteiger partial charge in [0.1, 0.15) is 11.5 Å². The second kappa shape index (κ2) is 6.10. The minimum absolute atomic E-state index is 0.193. The van der Waals surface area contributed by atoms with Crippen molar-refractivity contribution < 1.29 is 9.84 Å². The van der Waals surface area contributed by atoms with Crippen LogP contribution in [0, 0.1) is 0 Å². The highest BCUT2D eigenvalue weighted by atomic mass is 16.5. The lowest BCUT2D eigenvalue weighted by atomic mass is 10.1. The fraction of sp³-hybridized carbons (Fsp3) is 0.176. The van der Waals surface area contributed by atoms with Crippen molar-refractivity contribution >= 4 is 12.2 Å². The number of rotatable bonds is 4.